The fourth-order valence-electron chi connectivity index (χ4n) is 3.50. The molecule has 3 atom stereocenters. The quantitative estimate of drug-likeness (QED) is 0.837. The topological polar surface area (TPSA) is 64.3 Å². The van der Waals surface area contributed by atoms with Gasteiger partial charge in [0, 0.05) is 12.5 Å². The number of methoxy groups -OCH3 is 1. The summed E-state index contributed by atoms with van der Waals surface area (Å²) < 4.78 is 5.21. The van der Waals surface area contributed by atoms with Crippen molar-refractivity contribution in [2.24, 2.45) is 17.6 Å². The lowest BCUT2D eigenvalue weighted by molar-refractivity contribution is -0.123. The van der Waals surface area contributed by atoms with Crippen LogP contribution in [0.15, 0.2) is 24.3 Å². The van der Waals surface area contributed by atoms with E-state index in [-0.39, 0.29) is 30.4 Å². The summed E-state index contributed by atoms with van der Waals surface area (Å²) in [6, 6.07) is 8.38. The second-order valence-corrected chi connectivity index (χ2v) is 6.71. The maximum absolute atomic E-state index is 12.4. The Morgan fingerprint density at radius 2 is 1.96 bits per heavy atom. The number of benzene rings is 1. The third-order valence-electron chi connectivity index (χ3n) is 5.05. The van der Waals surface area contributed by atoms with Crippen molar-refractivity contribution in [2.45, 2.75) is 50.6 Å². The number of ether oxygens (including phenoxy) is 1. The molecule has 3 rings (SSSR count). The van der Waals surface area contributed by atoms with Gasteiger partial charge in [-0.05, 0) is 55.2 Å². The Kier molecular flexibility index (Phi) is 6.31. The largest absolute Gasteiger partial charge is 0.497 e. The minimum Gasteiger partial charge on any atom is -0.497 e. The summed E-state index contributed by atoms with van der Waals surface area (Å²) in [4.78, 5) is 12.4. The van der Waals surface area contributed by atoms with Crippen molar-refractivity contribution in [1.29, 1.82) is 0 Å². The van der Waals surface area contributed by atoms with Crippen molar-refractivity contribution in [3.8, 4) is 5.75 Å². The van der Waals surface area contributed by atoms with E-state index in [2.05, 4.69) is 17.4 Å². The highest BCUT2D eigenvalue weighted by Gasteiger charge is 2.34. The molecule has 1 amide bonds. The molecule has 0 radical (unpaired) electrons. The molecular weight excluding hydrogens is 312 g/mol. The molecule has 0 spiro atoms. The Bertz CT molecular complexity index is 516. The van der Waals surface area contributed by atoms with Gasteiger partial charge in [-0.25, -0.2) is 0 Å². The molecule has 23 heavy (non-hydrogen) atoms. The summed E-state index contributed by atoms with van der Waals surface area (Å²) in [6.07, 6.45) is 6.26. The number of nitrogens with two attached hydrogens (primary N) is 1. The lowest BCUT2D eigenvalue weighted by Crippen LogP contribution is -2.34. The van der Waals surface area contributed by atoms with E-state index in [0.717, 1.165) is 25.0 Å². The number of amides is 1. The number of hydrogen-bond acceptors (Lipinski definition) is 3. The molecule has 3 N–H and O–H groups in total. The summed E-state index contributed by atoms with van der Waals surface area (Å²) in [5, 5.41) is 3.24. The number of hydrogen-bond donors (Lipinski definition) is 2. The molecule has 0 aliphatic heterocycles. The van der Waals surface area contributed by atoms with E-state index >= 15 is 0 Å². The first-order chi connectivity index (χ1) is 10.7. The van der Waals surface area contributed by atoms with Crippen LogP contribution in [0.4, 0.5) is 0 Å². The van der Waals surface area contributed by atoms with E-state index in [9.17, 15) is 4.79 Å². The fourth-order valence-corrected chi connectivity index (χ4v) is 3.50. The summed E-state index contributed by atoms with van der Waals surface area (Å²) in [6.45, 7) is 0. The van der Waals surface area contributed by atoms with Crippen molar-refractivity contribution in [2.75, 3.05) is 7.11 Å². The summed E-state index contributed by atoms with van der Waals surface area (Å²) >= 11 is 0. The molecule has 0 aromatic heterocycles. The molecule has 5 heteroatoms. The zero-order valence-electron chi connectivity index (χ0n) is 13.7. The van der Waals surface area contributed by atoms with Crippen LogP contribution in [0.2, 0.25) is 0 Å². The maximum Gasteiger partial charge on any atom is 0.220 e. The predicted octanol–water partition coefficient (Wildman–Crippen LogP) is 3.20. The summed E-state index contributed by atoms with van der Waals surface area (Å²) in [7, 11) is 1.67. The molecule has 1 unspecified atom stereocenters. The highest BCUT2D eigenvalue weighted by molar-refractivity contribution is 5.85. The average Bonchev–Trinajstić information content (AvgIpc) is 3.30. The molecule has 2 aliphatic carbocycles. The lowest BCUT2D eigenvalue weighted by atomic mass is 9.98. The molecule has 0 saturated heterocycles. The Labute approximate surface area is 144 Å². The van der Waals surface area contributed by atoms with Crippen LogP contribution in [0.25, 0.3) is 0 Å². The maximum atomic E-state index is 12.4. The van der Waals surface area contributed by atoms with Gasteiger partial charge in [0.25, 0.3) is 0 Å². The van der Waals surface area contributed by atoms with Crippen molar-refractivity contribution in [3.05, 3.63) is 29.8 Å². The van der Waals surface area contributed by atoms with E-state index in [4.69, 9.17) is 10.5 Å². The van der Waals surface area contributed by atoms with Crippen molar-refractivity contribution in [1.82, 2.24) is 5.32 Å². The Morgan fingerprint density at radius 1 is 1.26 bits per heavy atom. The lowest BCUT2D eigenvalue weighted by Gasteiger charge is -2.21. The van der Waals surface area contributed by atoms with Gasteiger partial charge in [0.05, 0.1) is 13.2 Å². The van der Waals surface area contributed by atoms with Crippen LogP contribution >= 0.6 is 12.4 Å². The molecule has 128 valence electrons. The van der Waals surface area contributed by atoms with E-state index in [0.29, 0.717) is 18.3 Å². The number of rotatable bonds is 6. The minimum absolute atomic E-state index is 0. The molecular formula is C18H27ClN2O2. The first-order valence-corrected chi connectivity index (χ1v) is 8.36. The van der Waals surface area contributed by atoms with Crippen LogP contribution in [0.1, 0.15) is 50.1 Å². The number of halogens is 1. The first kappa shape index (κ1) is 18.1. The Balaban J connectivity index is 0.00000192. The minimum atomic E-state index is 0. The number of nitrogens with one attached hydrogen (secondary N) is 1. The van der Waals surface area contributed by atoms with Crippen LogP contribution < -0.4 is 15.8 Å². The van der Waals surface area contributed by atoms with Gasteiger partial charge in [0.2, 0.25) is 5.91 Å². The molecule has 2 saturated carbocycles. The zero-order chi connectivity index (χ0) is 15.5. The molecule has 0 heterocycles. The molecule has 1 aromatic carbocycles. The summed E-state index contributed by atoms with van der Waals surface area (Å²) in [5.74, 6) is 1.93. The molecule has 2 fully saturated rings. The van der Waals surface area contributed by atoms with Gasteiger partial charge in [-0.2, -0.15) is 0 Å². The van der Waals surface area contributed by atoms with Crippen LogP contribution in [0, 0.1) is 11.8 Å². The normalized spacial score (nSPS) is 24.6. The van der Waals surface area contributed by atoms with Gasteiger partial charge in [-0.1, -0.05) is 18.6 Å². The SMILES string of the molecule is COc1ccc(C(NC(=O)C[C@@H]2CCC[C@H]2N)C2CC2)cc1.Cl. The highest BCUT2D eigenvalue weighted by atomic mass is 35.5. The van der Waals surface area contributed by atoms with E-state index in [1.165, 1.54) is 18.4 Å². The van der Waals surface area contributed by atoms with E-state index in [1.807, 2.05) is 12.1 Å². The van der Waals surface area contributed by atoms with Gasteiger partial charge in [-0.15, -0.1) is 12.4 Å². The number of carbonyl (C=O) groups is 1. The molecule has 4 nitrogen and oxygen atoms in total. The van der Waals surface area contributed by atoms with Crippen molar-refractivity contribution < 1.29 is 9.53 Å². The highest BCUT2D eigenvalue weighted by Crippen LogP contribution is 2.41. The van der Waals surface area contributed by atoms with Gasteiger partial charge < -0.3 is 15.8 Å². The first-order valence-electron chi connectivity index (χ1n) is 8.36. The van der Waals surface area contributed by atoms with Gasteiger partial charge in [0.15, 0.2) is 0 Å². The van der Waals surface area contributed by atoms with Crippen molar-refractivity contribution >= 4 is 18.3 Å². The standard InChI is InChI=1S/C18H26N2O2.ClH/c1-22-15-9-7-13(8-10-15)18(12-5-6-12)20-17(21)11-14-3-2-4-16(14)19;/h7-10,12,14,16,18H,2-6,11,19H2,1H3,(H,20,21);1H/t14-,16+,18?;/m0./s1. The van der Waals surface area contributed by atoms with Crippen LogP contribution in [-0.2, 0) is 4.79 Å². The average molecular weight is 339 g/mol. The third-order valence-corrected chi connectivity index (χ3v) is 5.05. The molecule has 2 aliphatic rings. The Morgan fingerprint density at radius 3 is 2.48 bits per heavy atom. The van der Waals surface area contributed by atoms with Crippen LogP contribution in [-0.4, -0.2) is 19.1 Å². The number of carbonyl (C=O) groups excluding carboxylic acids is 1. The summed E-state index contributed by atoms with van der Waals surface area (Å²) in [5.41, 5.74) is 7.25. The predicted molar refractivity (Wildman–Crippen MR) is 93.8 cm³/mol. The molecule has 0 bridgehead atoms. The fraction of sp³-hybridized carbons (Fsp3) is 0.611. The van der Waals surface area contributed by atoms with E-state index < -0.39 is 0 Å². The smallest absolute Gasteiger partial charge is 0.220 e. The Hall–Kier alpha value is -1.26. The van der Waals surface area contributed by atoms with Crippen LogP contribution in [0.3, 0.4) is 0 Å². The zero-order valence-corrected chi connectivity index (χ0v) is 14.5. The second kappa shape index (κ2) is 8.02. The van der Waals surface area contributed by atoms with Gasteiger partial charge >= 0.3 is 0 Å². The monoisotopic (exact) mass is 338 g/mol. The van der Waals surface area contributed by atoms with Gasteiger partial charge in [0.1, 0.15) is 5.75 Å². The second-order valence-electron chi connectivity index (χ2n) is 6.71. The van der Waals surface area contributed by atoms with Crippen molar-refractivity contribution in [3.63, 3.8) is 0 Å². The third kappa shape index (κ3) is 4.61. The van der Waals surface area contributed by atoms with Gasteiger partial charge in [-0.3, -0.25) is 4.79 Å². The van der Waals surface area contributed by atoms with Crippen LogP contribution in [0.5, 0.6) is 5.75 Å². The van der Waals surface area contributed by atoms with E-state index in [1.54, 1.807) is 7.11 Å². The molecule has 1 aromatic rings.